The molecular weight excluding hydrogens is 300 g/mol. The molecule has 0 saturated heterocycles. The van der Waals surface area contributed by atoms with Crippen LogP contribution in [-0.4, -0.2) is 34.0 Å². The van der Waals surface area contributed by atoms with Gasteiger partial charge in [0.2, 0.25) is 0 Å². The SMILES string of the molecule is CC(C)c1nc2ccccc2n1C[C@H](O)COC[C@@H]1CC=CCC1. The van der Waals surface area contributed by atoms with Crippen LogP contribution in [0.15, 0.2) is 36.4 Å². The average molecular weight is 328 g/mol. The van der Waals surface area contributed by atoms with Crippen LogP contribution in [0.3, 0.4) is 0 Å². The molecule has 0 bridgehead atoms. The molecule has 0 spiro atoms. The Morgan fingerprint density at radius 1 is 1.29 bits per heavy atom. The zero-order valence-electron chi connectivity index (χ0n) is 14.7. The fourth-order valence-electron chi connectivity index (χ4n) is 3.37. The number of aromatic nitrogens is 2. The normalized spacial score (nSPS) is 19.2. The predicted octanol–water partition coefficient (Wildman–Crippen LogP) is 3.89. The molecule has 2 aromatic rings. The van der Waals surface area contributed by atoms with Gasteiger partial charge in [-0.05, 0) is 37.3 Å². The molecule has 2 atom stereocenters. The van der Waals surface area contributed by atoms with E-state index in [0.717, 1.165) is 36.3 Å². The molecule has 0 unspecified atom stereocenters. The van der Waals surface area contributed by atoms with Crippen LogP contribution in [0, 0.1) is 5.92 Å². The summed E-state index contributed by atoms with van der Waals surface area (Å²) in [5, 5.41) is 10.4. The maximum absolute atomic E-state index is 10.4. The molecule has 0 radical (unpaired) electrons. The number of hydrogen-bond donors (Lipinski definition) is 1. The van der Waals surface area contributed by atoms with Crippen molar-refractivity contribution in [2.24, 2.45) is 5.92 Å². The van der Waals surface area contributed by atoms with Gasteiger partial charge in [0.1, 0.15) is 5.82 Å². The molecule has 1 N–H and O–H groups in total. The molecule has 0 aliphatic heterocycles. The van der Waals surface area contributed by atoms with Crippen molar-refractivity contribution >= 4 is 11.0 Å². The number of rotatable bonds is 7. The maximum atomic E-state index is 10.4. The summed E-state index contributed by atoms with van der Waals surface area (Å²) in [5.74, 6) is 1.94. The van der Waals surface area contributed by atoms with Gasteiger partial charge in [0, 0.05) is 12.5 Å². The number of ether oxygens (including phenoxy) is 1. The number of hydrogen-bond acceptors (Lipinski definition) is 3. The van der Waals surface area contributed by atoms with Gasteiger partial charge in [-0.15, -0.1) is 0 Å². The number of fused-ring (bicyclic) bond motifs is 1. The molecular formula is C20H28N2O2. The minimum absolute atomic E-state index is 0.319. The van der Waals surface area contributed by atoms with Crippen molar-refractivity contribution in [1.82, 2.24) is 9.55 Å². The first-order valence-electron chi connectivity index (χ1n) is 9.01. The highest BCUT2D eigenvalue weighted by molar-refractivity contribution is 5.76. The fraction of sp³-hybridized carbons (Fsp3) is 0.550. The Balaban J connectivity index is 1.61. The van der Waals surface area contributed by atoms with Crippen molar-refractivity contribution in [1.29, 1.82) is 0 Å². The third-order valence-electron chi connectivity index (χ3n) is 4.64. The Bertz CT molecular complexity index is 690. The molecule has 1 aromatic heterocycles. The van der Waals surface area contributed by atoms with Crippen LogP contribution < -0.4 is 0 Å². The number of allylic oxidation sites excluding steroid dienone is 2. The first-order valence-corrected chi connectivity index (χ1v) is 9.01. The van der Waals surface area contributed by atoms with Gasteiger partial charge in [-0.2, -0.15) is 0 Å². The van der Waals surface area contributed by atoms with Crippen molar-refractivity contribution in [3.05, 3.63) is 42.2 Å². The molecule has 1 aliphatic carbocycles. The average Bonchev–Trinajstić information content (AvgIpc) is 2.95. The minimum Gasteiger partial charge on any atom is -0.389 e. The van der Waals surface area contributed by atoms with E-state index in [2.05, 4.69) is 36.6 Å². The van der Waals surface area contributed by atoms with Gasteiger partial charge in [-0.25, -0.2) is 4.98 Å². The Labute approximate surface area is 144 Å². The predicted molar refractivity (Wildman–Crippen MR) is 97.1 cm³/mol. The second kappa shape index (κ2) is 7.95. The third kappa shape index (κ3) is 4.05. The lowest BCUT2D eigenvalue weighted by molar-refractivity contribution is 0.0127. The van der Waals surface area contributed by atoms with E-state index in [0.29, 0.717) is 25.0 Å². The smallest absolute Gasteiger partial charge is 0.112 e. The standard InChI is InChI=1S/C20H28N2O2/c1-15(2)20-21-18-10-6-7-11-19(18)22(20)12-17(23)14-24-13-16-8-4-3-5-9-16/h3-4,6-7,10-11,15-17,23H,5,8-9,12-14H2,1-2H3/t16-,17+/m1/s1. The van der Waals surface area contributed by atoms with Crippen LogP contribution in [0.5, 0.6) is 0 Å². The van der Waals surface area contributed by atoms with Gasteiger partial charge in [-0.3, -0.25) is 0 Å². The Hall–Kier alpha value is -1.65. The summed E-state index contributed by atoms with van der Waals surface area (Å²) >= 11 is 0. The van der Waals surface area contributed by atoms with E-state index in [4.69, 9.17) is 9.72 Å². The zero-order valence-corrected chi connectivity index (χ0v) is 14.7. The lowest BCUT2D eigenvalue weighted by atomic mass is 9.95. The highest BCUT2D eigenvalue weighted by Gasteiger charge is 2.17. The lowest BCUT2D eigenvalue weighted by Gasteiger charge is -2.20. The molecule has 130 valence electrons. The summed E-state index contributed by atoms with van der Waals surface area (Å²) in [7, 11) is 0. The van der Waals surface area contributed by atoms with E-state index in [-0.39, 0.29) is 0 Å². The van der Waals surface area contributed by atoms with Crippen LogP contribution in [0.2, 0.25) is 0 Å². The van der Waals surface area contributed by atoms with E-state index in [1.54, 1.807) is 0 Å². The number of nitrogens with zero attached hydrogens (tertiary/aromatic N) is 2. The summed E-state index contributed by atoms with van der Waals surface area (Å²) in [6.45, 7) is 5.92. The Morgan fingerprint density at radius 2 is 2.12 bits per heavy atom. The van der Waals surface area contributed by atoms with Crippen LogP contribution in [0.25, 0.3) is 11.0 Å². The summed E-state index contributed by atoms with van der Waals surface area (Å²) < 4.78 is 7.91. The topological polar surface area (TPSA) is 47.3 Å². The number of aliphatic hydroxyl groups excluding tert-OH is 1. The summed E-state index contributed by atoms with van der Waals surface area (Å²) in [6.07, 6.45) is 7.40. The molecule has 1 aromatic carbocycles. The van der Waals surface area contributed by atoms with Crippen LogP contribution in [0.1, 0.15) is 44.9 Å². The fourth-order valence-corrected chi connectivity index (χ4v) is 3.37. The largest absolute Gasteiger partial charge is 0.389 e. The molecule has 24 heavy (non-hydrogen) atoms. The summed E-state index contributed by atoms with van der Waals surface area (Å²) in [4.78, 5) is 4.72. The van der Waals surface area contributed by atoms with Crippen molar-refractivity contribution in [2.45, 2.75) is 51.7 Å². The number of imidazole rings is 1. The molecule has 1 aliphatic rings. The van der Waals surface area contributed by atoms with Gasteiger partial charge in [-0.1, -0.05) is 38.1 Å². The molecule has 0 fully saturated rings. The van der Waals surface area contributed by atoms with Gasteiger partial charge in [0.05, 0.1) is 30.3 Å². The summed E-state index contributed by atoms with van der Waals surface area (Å²) in [5.41, 5.74) is 2.07. The number of aliphatic hydroxyl groups is 1. The van der Waals surface area contributed by atoms with Crippen LogP contribution >= 0.6 is 0 Å². The lowest BCUT2D eigenvalue weighted by Crippen LogP contribution is -2.25. The van der Waals surface area contributed by atoms with Crippen LogP contribution in [-0.2, 0) is 11.3 Å². The maximum Gasteiger partial charge on any atom is 0.112 e. The van der Waals surface area contributed by atoms with E-state index >= 15 is 0 Å². The number of benzene rings is 1. The molecule has 0 saturated carbocycles. The van der Waals surface area contributed by atoms with Crippen molar-refractivity contribution < 1.29 is 9.84 Å². The second-order valence-corrected chi connectivity index (χ2v) is 7.07. The van der Waals surface area contributed by atoms with Crippen LogP contribution in [0.4, 0.5) is 0 Å². The van der Waals surface area contributed by atoms with E-state index in [1.807, 2.05) is 18.2 Å². The van der Waals surface area contributed by atoms with E-state index in [9.17, 15) is 5.11 Å². The van der Waals surface area contributed by atoms with E-state index in [1.165, 1.54) is 6.42 Å². The van der Waals surface area contributed by atoms with Crippen molar-refractivity contribution in [3.8, 4) is 0 Å². The third-order valence-corrected chi connectivity index (χ3v) is 4.64. The Morgan fingerprint density at radius 3 is 2.88 bits per heavy atom. The highest BCUT2D eigenvalue weighted by atomic mass is 16.5. The van der Waals surface area contributed by atoms with Crippen molar-refractivity contribution in [2.75, 3.05) is 13.2 Å². The van der Waals surface area contributed by atoms with Crippen molar-refractivity contribution in [3.63, 3.8) is 0 Å². The van der Waals surface area contributed by atoms with Gasteiger partial charge in [0.15, 0.2) is 0 Å². The first kappa shape index (κ1) is 17.2. The molecule has 4 nitrogen and oxygen atoms in total. The second-order valence-electron chi connectivity index (χ2n) is 7.07. The molecule has 4 heteroatoms. The van der Waals surface area contributed by atoms with Gasteiger partial charge in [0.25, 0.3) is 0 Å². The molecule has 1 heterocycles. The molecule has 0 amide bonds. The minimum atomic E-state index is -0.515. The van der Waals surface area contributed by atoms with E-state index < -0.39 is 6.10 Å². The summed E-state index contributed by atoms with van der Waals surface area (Å²) in [6, 6.07) is 8.11. The van der Waals surface area contributed by atoms with Gasteiger partial charge < -0.3 is 14.4 Å². The Kier molecular flexibility index (Phi) is 5.69. The first-order chi connectivity index (χ1) is 11.6. The number of para-hydroxylation sites is 2. The highest BCUT2D eigenvalue weighted by Crippen LogP contribution is 2.22. The zero-order chi connectivity index (χ0) is 16.9. The quantitative estimate of drug-likeness (QED) is 0.784. The monoisotopic (exact) mass is 328 g/mol. The molecule has 3 rings (SSSR count). The van der Waals surface area contributed by atoms with Gasteiger partial charge >= 0.3 is 0 Å².